The van der Waals surface area contributed by atoms with Crippen LogP contribution in [0.1, 0.15) is 5.56 Å². The summed E-state index contributed by atoms with van der Waals surface area (Å²) in [6.07, 6.45) is 1.98. The summed E-state index contributed by atoms with van der Waals surface area (Å²) >= 11 is 0. The van der Waals surface area contributed by atoms with Crippen LogP contribution in [0.15, 0.2) is 18.7 Å². The van der Waals surface area contributed by atoms with Crippen LogP contribution in [-0.2, 0) is 0 Å². The average Bonchev–Trinajstić information content (AvgIpc) is 2.13. The minimum Gasteiger partial charge on any atom is -0.399 e. The third-order valence-corrected chi connectivity index (χ3v) is 7.32. The summed E-state index contributed by atoms with van der Waals surface area (Å²) in [5, 5.41) is 2.97. The number of hydrogen-bond donors (Lipinski definition) is 1. The summed E-state index contributed by atoms with van der Waals surface area (Å²) in [6, 6.07) is 4.17. The monoisotopic (exact) mass is 263 g/mol. The van der Waals surface area contributed by atoms with E-state index in [-0.39, 0.29) is 0 Å². The Balaban J connectivity index is 3.73. The summed E-state index contributed by atoms with van der Waals surface area (Å²) in [6.45, 7) is 18.2. The van der Waals surface area contributed by atoms with Gasteiger partial charge in [-0.2, -0.15) is 0 Å². The first-order chi connectivity index (χ1) is 7.59. The molecular weight excluding hydrogens is 238 g/mol. The van der Waals surface area contributed by atoms with E-state index in [1.807, 2.05) is 12.1 Å². The van der Waals surface area contributed by atoms with E-state index in [1.54, 1.807) is 0 Å². The Kier molecular flexibility index (Phi) is 3.74. The highest BCUT2D eigenvalue weighted by molar-refractivity contribution is 6.99. The molecular formula is C14H25NSi2. The molecule has 0 atom stereocenters. The molecule has 0 spiro atoms. The van der Waals surface area contributed by atoms with Gasteiger partial charge in [-0.25, -0.2) is 0 Å². The van der Waals surface area contributed by atoms with Crippen molar-refractivity contribution >= 4 is 38.3 Å². The zero-order valence-corrected chi connectivity index (χ0v) is 14.0. The molecule has 0 saturated carbocycles. The number of rotatable bonds is 3. The molecule has 1 aromatic carbocycles. The van der Waals surface area contributed by atoms with Gasteiger partial charge in [0.1, 0.15) is 0 Å². The molecule has 0 aromatic heterocycles. The van der Waals surface area contributed by atoms with Crippen molar-refractivity contribution in [1.82, 2.24) is 0 Å². The van der Waals surface area contributed by atoms with Gasteiger partial charge in [0.05, 0.1) is 16.1 Å². The van der Waals surface area contributed by atoms with Gasteiger partial charge in [0, 0.05) is 5.69 Å². The second-order valence-electron chi connectivity index (χ2n) is 6.70. The van der Waals surface area contributed by atoms with Gasteiger partial charge in [0.2, 0.25) is 0 Å². The van der Waals surface area contributed by atoms with Gasteiger partial charge in [-0.15, -0.1) is 0 Å². The molecule has 0 heterocycles. The fraction of sp³-hybridized carbons (Fsp3) is 0.429. The highest BCUT2D eigenvalue weighted by Gasteiger charge is 2.30. The predicted molar refractivity (Wildman–Crippen MR) is 86.9 cm³/mol. The van der Waals surface area contributed by atoms with Gasteiger partial charge in [0.25, 0.3) is 0 Å². The molecule has 0 aliphatic rings. The first-order valence-corrected chi connectivity index (χ1v) is 13.1. The summed E-state index contributed by atoms with van der Waals surface area (Å²) in [5.74, 6) is 0. The summed E-state index contributed by atoms with van der Waals surface area (Å²) < 4.78 is 0. The van der Waals surface area contributed by atoms with E-state index in [0.29, 0.717) is 0 Å². The quantitative estimate of drug-likeness (QED) is 0.658. The van der Waals surface area contributed by atoms with E-state index in [4.69, 9.17) is 5.73 Å². The molecule has 1 aromatic rings. The van der Waals surface area contributed by atoms with Crippen molar-refractivity contribution in [3.63, 3.8) is 0 Å². The van der Waals surface area contributed by atoms with Crippen LogP contribution in [0, 0.1) is 0 Å². The van der Waals surface area contributed by atoms with Crippen molar-refractivity contribution in [1.29, 1.82) is 0 Å². The van der Waals surface area contributed by atoms with E-state index in [2.05, 4.69) is 51.9 Å². The van der Waals surface area contributed by atoms with Gasteiger partial charge in [-0.1, -0.05) is 63.2 Å². The molecule has 0 fully saturated rings. The molecule has 0 aliphatic heterocycles. The van der Waals surface area contributed by atoms with E-state index >= 15 is 0 Å². The lowest BCUT2D eigenvalue weighted by Crippen LogP contribution is -2.58. The molecule has 0 aliphatic carbocycles. The molecule has 17 heavy (non-hydrogen) atoms. The fourth-order valence-corrected chi connectivity index (χ4v) is 8.46. The minimum absolute atomic E-state index is 0.979. The maximum atomic E-state index is 6.25. The zero-order valence-electron chi connectivity index (χ0n) is 12.0. The van der Waals surface area contributed by atoms with Crippen LogP contribution in [0.4, 0.5) is 5.69 Å². The van der Waals surface area contributed by atoms with Gasteiger partial charge < -0.3 is 5.73 Å². The second kappa shape index (κ2) is 4.46. The van der Waals surface area contributed by atoms with Crippen LogP contribution in [0.2, 0.25) is 39.3 Å². The van der Waals surface area contributed by atoms with Crippen LogP contribution in [-0.4, -0.2) is 16.1 Å². The average molecular weight is 264 g/mol. The molecule has 2 N–H and O–H groups in total. The predicted octanol–water partition coefficient (Wildman–Crippen LogP) is 3.00. The van der Waals surface area contributed by atoms with Gasteiger partial charge in [-0.05, 0) is 16.8 Å². The minimum atomic E-state index is -1.42. The smallest absolute Gasteiger partial charge is 0.0801 e. The molecule has 0 bridgehead atoms. The van der Waals surface area contributed by atoms with E-state index in [9.17, 15) is 0 Å². The largest absolute Gasteiger partial charge is 0.399 e. The molecule has 1 rings (SSSR count). The Morgan fingerprint density at radius 1 is 0.941 bits per heavy atom. The van der Waals surface area contributed by atoms with Gasteiger partial charge >= 0.3 is 0 Å². The standard InChI is InChI=1S/C14H25NSi2/c1-8-11-9-10-12(15)14(17(5,6)7)13(11)16(2,3)4/h8-10H,1,15H2,2-7H3. The highest BCUT2D eigenvalue weighted by atomic mass is 28.3. The van der Waals surface area contributed by atoms with Crippen LogP contribution in [0.25, 0.3) is 6.08 Å². The molecule has 0 unspecified atom stereocenters. The SMILES string of the molecule is C=Cc1ccc(N)c([Si](C)(C)C)c1[Si](C)(C)C. The lowest BCUT2D eigenvalue weighted by atomic mass is 10.2. The van der Waals surface area contributed by atoms with Crippen molar-refractivity contribution in [3.05, 3.63) is 24.3 Å². The molecule has 0 saturated heterocycles. The summed E-state index contributed by atoms with van der Waals surface area (Å²) in [7, 11) is -2.82. The number of anilines is 1. The summed E-state index contributed by atoms with van der Waals surface area (Å²) in [5.41, 5.74) is 8.52. The first kappa shape index (κ1) is 14.3. The fourth-order valence-electron chi connectivity index (χ4n) is 2.42. The van der Waals surface area contributed by atoms with Crippen LogP contribution in [0.3, 0.4) is 0 Å². The molecule has 3 heteroatoms. The van der Waals surface area contributed by atoms with Crippen molar-refractivity contribution in [2.45, 2.75) is 39.3 Å². The number of hydrogen-bond acceptors (Lipinski definition) is 1. The maximum Gasteiger partial charge on any atom is 0.0801 e. The van der Waals surface area contributed by atoms with Gasteiger partial charge in [0.15, 0.2) is 0 Å². The van der Waals surface area contributed by atoms with Gasteiger partial charge in [-0.3, -0.25) is 0 Å². The maximum absolute atomic E-state index is 6.25. The van der Waals surface area contributed by atoms with E-state index < -0.39 is 16.1 Å². The zero-order chi connectivity index (χ0) is 13.4. The van der Waals surface area contributed by atoms with Crippen LogP contribution >= 0.6 is 0 Å². The first-order valence-electron chi connectivity index (χ1n) is 6.15. The Morgan fingerprint density at radius 3 is 1.76 bits per heavy atom. The molecule has 0 radical (unpaired) electrons. The summed E-state index contributed by atoms with van der Waals surface area (Å²) in [4.78, 5) is 0. The molecule has 0 amide bonds. The topological polar surface area (TPSA) is 26.0 Å². The number of benzene rings is 1. The normalized spacial score (nSPS) is 12.6. The van der Waals surface area contributed by atoms with Crippen molar-refractivity contribution in [2.24, 2.45) is 0 Å². The highest BCUT2D eigenvalue weighted by Crippen LogP contribution is 2.15. The number of nitrogens with two attached hydrogens (primary N) is 1. The lowest BCUT2D eigenvalue weighted by molar-refractivity contribution is 1.63. The number of nitrogen functional groups attached to an aromatic ring is 1. The Bertz CT molecular complexity index is 437. The van der Waals surface area contributed by atoms with E-state index in [0.717, 1.165) is 5.69 Å². The van der Waals surface area contributed by atoms with Crippen LogP contribution in [0.5, 0.6) is 0 Å². The van der Waals surface area contributed by atoms with Crippen molar-refractivity contribution in [3.8, 4) is 0 Å². The molecule has 94 valence electrons. The Labute approximate surface area is 108 Å². The third kappa shape index (κ3) is 2.90. The molecule has 1 nitrogen and oxygen atoms in total. The Hall–Kier alpha value is -0.806. The Morgan fingerprint density at radius 2 is 1.41 bits per heavy atom. The lowest BCUT2D eigenvalue weighted by Gasteiger charge is -2.31. The third-order valence-electron chi connectivity index (χ3n) is 2.99. The van der Waals surface area contributed by atoms with Crippen LogP contribution < -0.4 is 16.1 Å². The van der Waals surface area contributed by atoms with Crippen molar-refractivity contribution in [2.75, 3.05) is 5.73 Å². The van der Waals surface area contributed by atoms with E-state index in [1.165, 1.54) is 15.9 Å². The second-order valence-corrected chi connectivity index (χ2v) is 16.7. The van der Waals surface area contributed by atoms with Crippen molar-refractivity contribution < 1.29 is 0 Å².